The first-order chi connectivity index (χ1) is 13.0. The molecule has 1 aliphatic heterocycles. The topological polar surface area (TPSA) is 100 Å². The molecule has 0 atom stereocenters. The molecule has 138 valence electrons. The molecule has 3 rings (SSSR count). The second kappa shape index (κ2) is 7.96. The van der Waals surface area contributed by atoms with Crippen molar-refractivity contribution in [3.8, 4) is 17.2 Å². The minimum Gasteiger partial charge on any atom is -0.497 e. The van der Waals surface area contributed by atoms with Gasteiger partial charge in [0.15, 0.2) is 16.7 Å². The van der Waals surface area contributed by atoms with E-state index in [-0.39, 0.29) is 16.8 Å². The van der Waals surface area contributed by atoms with Crippen LogP contribution in [0.4, 0.5) is 0 Å². The monoisotopic (exact) mass is 384 g/mol. The minimum atomic E-state index is -0.541. The van der Waals surface area contributed by atoms with Crippen LogP contribution < -0.4 is 19.9 Å². The van der Waals surface area contributed by atoms with Gasteiger partial charge in [0.2, 0.25) is 0 Å². The molecule has 7 nitrogen and oxygen atoms in total. The Labute approximate surface area is 159 Å². The molecule has 0 bridgehead atoms. The van der Waals surface area contributed by atoms with Crippen LogP contribution in [-0.2, 0) is 4.79 Å². The summed E-state index contributed by atoms with van der Waals surface area (Å²) in [4.78, 5) is 28.1. The van der Waals surface area contributed by atoms with Gasteiger partial charge in [-0.15, -0.1) is 0 Å². The van der Waals surface area contributed by atoms with Crippen molar-refractivity contribution >= 4 is 34.9 Å². The number of hydrogen-bond donors (Lipinski definition) is 1. The van der Waals surface area contributed by atoms with Gasteiger partial charge in [-0.2, -0.15) is 4.99 Å². The van der Waals surface area contributed by atoms with Gasteiger partial charge >= 0.3 is 5.97 Å². The molecule has 8 heteroatoms. The summed E-state index contributed by atoms with van der Waals surface area (Å²) >= 11 is 1.10. The fraction of sp³-hybridized carbons (Fsp3) is 0.105. The summed E-state index contributed by atoms with van der Waals surface area (Å²) in [5, 5.41) is 0.210. The number of nitrogens with zero attached hydrogens (tertiary/aromatic N) is 1. The number of esters is 1. The van der Waals surface area contributed by atoms with Gasteiger partial charge < -0.3 is 19.9 Å². The lowest BCUT2D eigenvalue weighted by molar-refractivity contribution is -0.113. The molecule has 0 saturated heterocycles. The van der Waals surface area contributed by atoms with Crippen molar-refractivity contribution in [1.29, 1.82) is 0 Å². The molecule has 1 amide bonds. The maximum Gasteiger partial charge on any atom is 0.343 e. The van der Waals surface area contributed by atoms with E-state index in [9.17, 15) is 9.59 Å². The first kappa shape index (κ1) is 18.5. The van der Waals surface area contributed by atoms with Gasteiger partial charge in [0.1, 0.15) is 5.75 Å². The summed E-state index contributed by atoms with van der Waals surface area (Å²) in [7, 11) is 2.98. The smallest absolute Gasteiger partial charge is 0.343 e. The van der Waals surface area contributed by atoms with Gasteiger partial charge in [-0.05, 0) is 53.7 Å². The molecule has 0 saturated carbocycles. The first-order valence-electron chi connectivity index (χ1n) is 7.82. The van der Waals surface area contributed by atoms with Gasteiger partial charge in [0.25, 0.3) is 5.91 Å². The summed E-state index contributed by atoms with van der Waals surface area (Å²) < 4.78 is 15.8. The molecular formula is C19H16N2O5S. The van der Waals surface area contributed by atoms with Crippen molar-refractivity contribution < 1.29 is 23.8 Å². The van der Waals surface area contributed by atoms with Crippen LogP contribution in [0.1, 0.15) is 15.9 Å². The van der Waals surface area contributed by atoms with Crippen LogP contribution in [0.25, 0.3) is 6.08 Å². The van der Waals surface area contributed by atoms with Crippen molar-refractivity contribution in [2.45, 2.75) is 0 Å². The highest BCUT2D eigenvalue weighted by Crippen LogP contribution is 2.32. The summed E-state index contributed by atoms with van der Waals surface area (Å²) in [6.45, 7) is 0. The highest BCUT2D eigenvalue weighted by atomic mass is 32.2. The van der Waals surface area contributed by atoms with Crippen molar-refractivity contribution in [3.63, 3.8) is 0 Å². The number of methoxy groups -OCH3 is 2. The quantitative estimate of drug-likeness (QED) is 0.481. The largest absolute Gasteiger partial charge is 0.497 e. The van der Waals surface area contributed by atoms with E-state index in [0.717, 1.165) is 11.8 Å². The van der Waals surface area contributed by atoms with Crippen LogP contribution in [0.3, 0.4) is 0 Å². The number of carbonyl (C=O) groups is 2. The predicted molar refractivity (Wildman–Crippen MR) is 103 cm³/mol. The van der Waals surface area contributed by atoms with Gasteiger partial charge in [-0.25, -0.2) is 4.79 Å². The molecule has 2 aromatic rings. The van der Waals surface area contributed by atoms with Crippen LogP contribution in [0, 0.1) is 0 Å². The number of thioether (sulfide) groups is 1. The van der Waals surface area contributed by atoms with E-state index in [0.29, 0.717) is 27.5 Å². The molecule has 2 aromatic carbocycles. The molecular weight excluding hydrogens is 368 g/mol. The zero-order valence-electron chi connectivity index (χ0n) is 14.6. The lowest BCUT2D eigenvalue weighted by atomic mass is 10.1. The van der Waals surface area contributed by atoms with E-state index in [2.05, 4.69) is 4.99 Å². The molecule has 0 unspecified atom stereocenters. The molecule has 0 spiro atoms. The van der Waals surface area contributed by atoms with E-state index in [1.54, 1.807) is 48.5 Å². The second-order valence-electron chi connectivity index (χ2n) is 5.40. The molecule has 27 heavy (non-hydrogen) atoms. The summed E-state index contributed by atoms with van der Waals surface area (Å²) in [5.74, 6) is 0.239. The number of benzene rings is 2. The number of hydrogen-bond acceptors (Lipinski definition) is 7. The van der Waals surface area contributed by atoms with E-state index in [1.165, 1.54) is 14.2 Å². The van der Waals surface area contributed by atoms with E-state index >= 15 is 0 Å². The number of amides is 1. The molecule has 2 N–H and O–H groups in total. The van der Waals surface area contributed by atoms with Gasteiger partial charge in [0.05, 0.1) is 24.7 Å². The van der Waals surface area contributed by atoms with Crippen molar-refractivity contribution in [3.05, 3.63) is 58.5 Å². The van der Waals surface area contributed by atoms with Crippen LogP contribution in [-0.4, -0.2) is 31.3 Å². The van der Waals surface area contributed by atoms with Crippen LogP contribution in [0.5, 0.6) is 17.2 Å². The SMILES string of the molecule is COc1cccc(C(=O)Oc2ccc(C=C3SC(N)=NC3=O)cc2OC)c1. The number of carbonyl (C=O) groups excluding carboxylic acids is 2. The fourth-order valence-electron chi connectivity index (χ4n) is 2.34. The maximum atomic E-state index is 12.4. The van der Waals surface area contributed by atoms with E-state index in [4.69, 9.17) is 19.9 Å². The normalized spacial score (nSPS) is 14.8. The lowest BCUT2D eigenvalue weighted by Gasteiger charge is -2.10. The van der Waals surface area contributed by atoms with Crippen LogP contribution in [0.2, 0.25) is 0 Å². The summed E-state index contributed by atoms with van der Waals surface area (Å²) in [6.07, 6.45) is 1.65. The summed E-state index contributed by atoms with van der Waals surface area (Å²) in [5.41, 5.74) is 6.58. The third-order valence-electron chi connectivity index (χ3n) is 3.63. The zero-order chi connectivity index (χ0) is 19.4. The Morgan fingerprint density at radius 3 is 2.59 bits per heavy atom. The number of ether oxygens (including phenoxy) is 3. The Morgan fingerprint density at radius 1 is 1.11 bits per heavy atom. The maximum absolute atomic E-state index is 12.4. The van der Waals surface area contributed by atoms with Crippen LogP contribution in [0.15, 0.2) is 52.4 Å². The van der Waals surface area contributed by atoms with Crippen LogP contribution >= 0.6 is 11.8 Å². The highest BCUT2D eigenvalue weighted by Gasteiger charge is 2.20. The van der Waals surface area contributed by atoms with Crippen molar-refractivity contribution in [2.75, 3.05) is 14.2 Å². The van der Waals surface area contributed by atoms with Gasteiger partial charge in [-0.1, -0.05) is 12.1 Å². The Kier molecular flexibility index (Phi) is 5.46. The lowest BCUT2D eigenvalue weighted by Crippen LogP contribution is -2.09. The number of aliphatic imine (C=N–C) groups is 1. The Morgan fingerprint density at radius 2 is 1.93 bits per heavy atom. The predicted octanol–water partition coefficient (Wildman–Crippen LogP) is 2.85. The standard InChI is InChI=1S/C19H16N2O5S/c1-24-13-5-3-4-12(10-13)18(23)26-14-7-6-11(8-15(14)25-2)9-16-17(22)21-19(20)27-16/h3-10H,1-2H3,(H2,20,21,22). The highest BCUT2D eigenvalue weighted by molar-refractivity contribution is 8.18. The number of amidine groups is 1. The minimum absolute atomic E-state index is 0.210. The molecule has 0 aromatic heterocycles. The second-order valence-corrected chi connectivity index (χ2v) is 6.46. The Bertz CT molecular complexity index is 968. The number of nitrogens with two attached hydrogens (primary N) is 1. The van der Waals surface area contributed by atoms with Gasteiger partial charge in [-0.3, -0.25) is 4.79 Å². The molecule has 0 fully saturated rings. The Balaban J connectivity index is 1.81. The van der Waals surface area contributed by atoms with Crippen molar-refractivity contribution in [1.82, 2.24) is 0 Å². The molecule has 1 aliphatic rings. The van der Waals surface area contributed by atoms with E-state index < -0.39 is 5.97 Å². The third kappa shape index (κ3) is 4.29. The van der Waals surface area contributed by atoms with Crippen molar-refractivity contribution in [2.24, 2.45) is 10.7 Å². The molecule has 1 heterocycles. The molecule has 0 aliphatic carbocycles. The average Bonchev–Trinajstić information content (AvgIpc) is 2.99. The van der Waals surface area contributed by atoms with E-state index in [1.807, 2.05) is 0 Å². The zero-order valence-corrected chi connectivity index (χ0v) is 15.4. The number of rotatable bonds is 5. The Hall–Kier alpha value is -3.26. The first-order valence-corrected chi connectivity index (χ1v) is 8.64. The summed E-state index contributed by atoms with van der Waals surface area (Å²) in [6, 6.07) is 11.6. The van der Waals surface area contributed by atoms with Gasteiger partial charge in [0, 0.05) is 0 Å². The molecule has 0 radical (unpaired) electrons. The third-order valence-corrected chi connectivity index (χ3v) is 4.44. The fourth-order valence-corrected chi connectivity index (χ4v) is 3.03. The average molecular weight is 384 g/mol.